The average Bonchev–Trinajstić information content (AvgIpc) is 3.36. The van der Waals surface area contributed by atoms with E-state index in [4.69, 9.17) is 9.15 Å². The van der Waals surface area contributed by atoms with Crippen LogP contribution in [0.25, 0.3) is 11.5 Å². The van der Waals surface area contributed by atoms with Gasteiger partial charge in [0.1, 0.15) is 18.5 Å². The molecule has 29 heavy (non-hydrogen) atoms. The predicted molar refractivity (Wildman–Crippen MR) is 106 cm³/mol. The number of nitrogens with zero attached hydrogens (tertiary/aromatic N) is 5. The molecule has 1 N–H and O–H groups in total. The Morgan fingerprint density at radius 1 is 1.14 bits per heavy atom. The molecule has 1 aliphatic rings. The summed E-state index contributed by atoms with van der Waals surface area (Å²) in [5, 5.41) is 11.4. The topological polar surface area (TPSA) is 106 Å². The summed E-state index contributed by atoms with van der Waals surface area (Å²) in [6.45, 7) is 6.31. The third kappa shape index (κ3) is 3.89. The van der Waals surface area contributed by atoms with Gasteiger partial charge in [-0.15, -0.1) is 10.2 Å². The standard InChI is InChI=1S/C20H22N6O3/c1-12(2)15-11-28-20(27)26(15)16-9-10-21-19(23-16)22-13(3)17-24-25-18(29-17)14-7-5-4-6-8-14/h4-10,12-13,15H,11H2,1-3H3,(H,21,22,23)/t13-,15?/m0/s1. The number of amides is 1. The predicted octanol–water partition coefficient (Wildman–Crippen LogP) is 3.68. The number of anilines is 2. The van der Waals surface area contributed by atoms with Crippen molar-refractivity contribution in [3.05, 3.63) is 48.5 Å². The second-order valence-corrected chi connectivity index (χ2v) is 7.17. The number of hydrogen-bond acceptors (Lipinski definition) is 8. The van der Waals surface area contributed by atoms with Crippen LogP contribution < -0.4 is 10.2 Å². The van der Waals surface area contributed by atoms with Crippen LogP contribution in [0.1, 0.15) is 32.7 Å². The van der Waals surface area contributed by atoms with Crippen LogP contribution in [-0.2, 0) is 4.74 Å². The van der Waals surface area contributed by atoms with E-state index in [9.17, 15) is 4.79 Å². The molecular formula is C20H22N6O3. The number of cyclic esters (lactones) is 1. The Bertz CT molecular complexity index is 991. The van der Waals surface area contributed by atoms with Crippen LogP contribution in [0.4, 0.5) is 16.6 Å². The number of rotatable bonds is 6. The lowest BCUT2D eigenvalue weighted by molar-refractivity contribution is 0.177. The molecule has 2 atom stereocenters. The van der Waals surface area contributed by atoms with Crippen molar-refractivity contribution in [2.75, 3.05) is 16.8 Å². The molecule has 150 valence electrons. The number of hydrogen-bond donors (Lipinski definition) is 1. The molecule has 0 bridgehead atoms. The molecule has 0 saturated carbocycles. The fraction of sp³-hybridized carbons (Fsp3) is 0.350. The smallest absolute Gasteiger partial charge is 0.415 e. The van der Waals surface area contributed by atoms with Gasteiger partial charge in [0, 0.05) is 11.8 Å². The summed E-state index contributed by atoms with van der Waals surface area (Å²) in [6, 6.07) is 10.9. The van der Waals surface area contributed by atoms with Crippen LogP contribution in [0.5, 0.6) is 0 Å². The number of nitrogens with one attached hydrogen (secondary N) is 1. The van der Waals surface area contributed by atoms with Gasteiger partial charge in [0.05, 0.1) is 6.04 Å². The summed E-state index contributed by atoms with van der Waals surface area (Å²) in [5.41, 5.74) is 0.851. The number of aromatic nitrogens is 4. The molecule has 1 unspecified atom stereocenters. The van der Waals surface area contributed by atoms with Gasteiger partial charge in [-0.25, -0.2) is 9.78 Å². The highest BCUT2D eigenvalue weighted by atomic mass is 16.6. The molecule has 2 aromatic heterocycles. The molecule has 1 amide bonds. The van der Waals surface area contributed by atoms with Gasteiger partial charge in [-0.3, -0.25) is 4.90 Å². The number of benzene rings is 1. The van der Waals surface area contributed by atoms with Crippen LogP contribution in [0.2, 0.25) is 0 Å². The molecule has 9 nitrogen and oxygen atoms in total. The van der Waals surface area contributed by atoms with Crippen LogP contribution in [0.3, 0.4) is 0 Å². The SMILES string of the molecule is CC(C)C1COC(=O)N1c1ccnc(N[C@@H](C)c2nnc(-c3ccccc3)o2)n1. The van der Waals surface area contributed by atoms with Crippen molar-refractivity contribution in [1.82, 2.24) is 20.2 Å². The summed E-state index contributed by atoms with van der Waals surface area (Å²) < 4.78 is 11.0. The largest absolute Gasteiger partial charge is 0.447 e. The third-order valence-electron chi connectivity index (χ3n) is 4.74. The summed E-state index contributed by atoms with van der Waals surface area (Å²) in [4.78, 5) is 22.5. The minimum Gasteiger partial charge on any atom is -0.447 e. The Morgan fingerprint density at radius 3 is 2.69 bits per heavy atom. The lowest BCUT2D eigenvalue weighted by Crippen LogP contribution is -2.37. The van der Waals surface area contributed by atoms with E-state index in [1.807, 2.05) is 51.1 Å². The first-order valence-corrected chi connectivity index (χ1v) is 9.47. The van der Waals surface area contributed by atoms with Crippen molar-refractivity contribution in [1.29, 1.82) is 0 Å². The summed E-state index contributed by atoms with van der Waals surface area (Å²) in [6.07, 6.45) is 1.20. The molecule has 4 rings (SSSR count). The van der Waals surface area contributed by atoms with Crippen molar-refractivity contribution >= 4 is 17.9 Å². The lowest BCUT2D eigenvalue weighted by atomic mass is 10.0. The maximum Gasteiger partial charge on any atom is 0.415 e. The fourth-order valence-corrected chi connectivity index (χ4v) is 3.11. The van der Waals surface area contributed by atoms with Crippen LogP contribution in [0.15, 0.2) is 47.0 Å². The molecular weight excluding hydrogens is 372 g/mol. The van der Waals surface area contributed by atoms with E-state index >= 15 is 0 Å². The zero-order chi connectivity index (χ0) is 20.4. The zero-order valence-corrected chi connectivity index (χ0v) is 16.4. The molecule has 3 heterocycles. The molecule has 9 heteroatoms. The highest BCUT2D eigenvalue weighted by molar-refractivity contribution is 5.89. The quantitative estimate of drug-likeness (QED) is 0.675. The Hall–Kier alpha value is -3.49. The van der Waals surface area contributed by atoms with Crippen molar-refractivity contribution in [2.45, 2.75) is 32.9 Å². The average molecular weight is 394 g/mol. The lowest BCUT2D eigenvalue weighted by Gasteiger charge is -2.23. The molecule has 1 saturated heterocycles. The van der Waals surface area contributed by atoms with E-state index in [2.05, 4.69) is 25.5 Å². The monoisotopic (exact) mass is 394 g/mol. The van der Waals surface area contributed by atoms with Gasteiger partial charge < -0.3 is 14.5 Å². The van der Waals surface area contributed by atoms with E-state index in [1.54, 1.807) is 17.2 Å². The summed E-state index contributed by atoms with van der Waals surface area (Å²) in [7, 11) is 0. The van der Waals surface area contributed by atoms with E-state index in [-0.39, 0.29) is 18.0 Å². The molecule has 3 aromatic rings. The van der Waals surface area contributed by atoms with Gasteiger partial charge in [0.2, 0.25) is 17.7 Å². The normalized spacial score (nSPS) is 17.4. The first-order chi connectivity index (χ1) is 14.0. The zero-order valence-electron chi connectivity index (χ0n) is 16.4. The van der Waals surface area contributed by atoms with Crippen LogP contribution >= 0.6 is 0 Å². The van der Waals surface area contributed by atoms with E-state index in [0.29, 0.717) is 30.2 Å². The first-order valence-electron chi connectivity index (χ1n) is 9.47. The molecule has 1 fully saturated rings. The van der Waals surface area contributed by atoms with E-state index in [1.165, 1.54) is 0 Å². The second-order valence-electron chi connectivity index (χ2n) is 7.17. The van der Waals surface area contributed by atoms with Gasteiger partial charge in [-0.2, -0.15) is 4.98 Å². The summed E-state index contributed by atoms with van der Waals surface area (Å²) >= 11 is 0. The molecule has 0 aliphatic carbocycles. The van der Waals surface area contributed by atoms with E-state index < -0.39 is 6.09 Å². The molecule has 1 aliphatic heterocycles. The Balaban J connectivity index is 1.51. The highest BCUT2D eigenvalue weighted by Gasteiger charge is 2.37. The minimum absolute atomic E-state index is 0.0629. The van der Waals surface area contributed by atoms with Crippen LogP contribution in [-0.4, -0.2) is 38.9 Å². The summed E-state index contributed by atoms with van der Waals surface area (Å²) in [5.74, 6) is 1.95. The maximum absolute atomic E-state index is 12.2. The van der Waals surface area contributed by atoms with Gasteiger partial charge in [-0.1, -0.05) is 32.0 Å². The van der Waals surface area contributed by atoms with Gasteiger partial charge >= 0.3 is 6.09 Å². The fourth-order valence-electron chi connectivity index (χ4n) is 3.11. The Morgan fingerprint density at radius 2 is 1.93 bits per heavy atom. The van der Waals surface area contributed by atoms with Gasteiger partial charge in [0.25, 0.3) is 0 Å². The molecule has 0 spiro atoms. The van der Waals surface area contributed by atoms with Crippen molar-refractivity contribution < 1.29 is 13.9 Å². The second kappa shape index (κ2) is 7.86. The van der Waals surface area contributed by atoms with Gasteiger partial charge in [0.15, 0.2) is 0 Å². The Kier molecular flexibility index (Phi) is 5.11. The van der Waals surface area contributed by atoms with Crippen molar-refractivity contribution in [2.24, 2.45) is 5.92 Å². The van der Waals surface area contributed by atoms with Crippen molar-refractivity contribution in [3.63, 3.8) is 0 Å². The van der Waals surface area contributed by atoms with Crippen LogP contribution in [0, 0.1) is 5.92 Å². The minimum atomic E-state index is -0.397. The van der Waals surface area contributed by atoms with Crippen molar-refractivity contribution in [3.8, 4) is 11.5 Å². The number of carbonyl (C=O) groups is 1. The first kappa shape index (κ1) is 18.9. The molecule has 0 radical (unpaired) electrons. The Labute approximate surface area is 168 Å². The number of ether oxygens (including phenoxy) is 1. The highest BCUT2D eigenvalue weighted by Crippen LogP contribution is 2.27. The third-order valence-corrected chi connectivity index (χ3v) is 4.74. The van der Waals surface area contributed by atoms with Gasteiger partial charge in [-0.05, 0) is 31.0 Å². The number of carbonyl (C=O) groups excluding carboxylic acids is 1. The molecule has 1 aromatic carbocycles. The van der Waals surface area contributed by atoms with E-state index in [0.717, 1.165) is 5.56 Å². The maximum atomic E-state index is 12.2.